The van der Waals surface area contributed by atoms with Gasteiger partial charge in [0.05, 0.1) is 13.2 Å². The van der Waals surface area contributed by atoms with Gasteiger partial charge in [0.25, 0.3) is 5.56 Å². The molecular weight excluding hydrogens is 241 g/mol. The van der Waals surface area contributed by atoms with Crippen LogP contribution in [0.5, 0.6) is 0 Å². The molecule has 0 aromatic carbocycles. The van der Waals surface area contributed by atoms with Crippen molar-refractivity contribution in [3.63, 3.8) is 0 Å². The van der Waals surface area contributed by atoms with Gasteiger partial charge in [-0.15, -0.1) is 0 Å². The molecule has 0 amide bonds. The summed E-state index contributed by atoms with van der Waals surface area (Å²) in [4.78, 5) is 22.7. The topological polar surface area (TPSA) is 53.2 Å². The van der Waals surface area contributed by atoms with Crippen LogP contribution in [0.25, 0.3) is 0 Å². The van der Waals surface area contributed by atoms with Gasteiger partial charge in [-0.1, -0.05) is 0 Å². The van der Waals surface area contributed by atoms with Crippen LogP contribution in [0, 0.1) is 0 Å². The Morgan fingerprint density at radius 3 is 2.59 bits per heavy atom. The summed E-state index contributed by atoms with van der Waals surface area (Å²) < 4.78 is 41.5. The van der Waals surface area contributed by atoms with E-state index in [0.717, 1.165) is 15.2 Å². The molecule has 0 saturated heterocycles. The molecule has 5 nitrogen and oxygen atoms in total. The Labute approximate surface area is 94.0 Å². The molecular formula is C9H11F3N2O3. The van der Waals surface area contributed by atoms with Gasteiger partial charge in [0.2, 0.25) is 0 Å². The molecule has 17 heavy (non-hydrogen) atoms. The molecule has 0 bridgehead atoms. The minimum atomic E-state index is -4.41. The van der Waals surface area contributed by atoms with E-state index in [1.54, 1.807) is 0 Å². The van der Waals surface area contributed by atoms with Gasteiger partial charge >= 0.3 is 11.9 Å². The average Bonchev–Trinajstić information content (AvgIpc) is 2.21. The molecule has 1 aromatic rings. The lowest BCUT2D eigenvalue weighted by molar-refractivity contribution is -0.174. The second kappa shape index (κ2) is 5.17. The highest BCUT2D eigenvalue weighted by Gasteiger charge is 2.27. The summed E-state index contributed by atoms with van der Waals surface area (Å²) in [5, 5.41) is 0. The van der Waals surface area contributed by atoms with E-state index in [9.17, 15) is 22.8 Å². The van der Waals surface area contributed by atoms with Crippen LogP contribution in [0.2, 0.25) is 0 Å². The minimum absolute atomic E-state index is 0.206. The molecule has 0 aliphatic rings. The third-order valence-corrected chi connectivity index (χ3v) is 1.96. The Kier molecular flexibility index (Phi) is 4.11. The summed E-state index contributed by atoms with van der Waals surface area (Å²) in [6.45, 7) is -1.95. The molecule has 0 radical (unpaired) electrons. The number of aryl methyl sites for hydroxylation is 1. The highest BCUT2D eigenvalue weighted by Crippen LogP contribution is 2.13. The number of hydrogen-bond donors (Lipinski definition) is 0. The number of alkyl halides is 3. The van der Waals surface area contributed by atoms with E-state index in [0.29, 0.717) is 0 Å². The van der Waals surface area contributed by atoms with Gasteiger partial charge in [0.15, 0.2) is 0 Å². The highest BCUT2D eigenvalue weighted by atomic mass is 19.4. The maximum absolute atomic E-state index is 11.7. The van der Waals surface area contributed by atoms with Crippen LogP contribution in [-0.4, -0.2) is 28.5 Å². The first kappa shape index (κ1) is 13.5. The third-order valence-electron chi connectivity index (χ3n) is 1.96. The van der Waals surface area contributed by atoms with Gasteiger partial charge in [0, 0.05) is 19.3 Å². The van der Waals surface area contributed by atoms with Gasteiger partial charge in [-0.25, -0.2) is 4.79 Å². The normalized spacial score (nSPS) is 11.8. The van der Waals surface area contributed by atoms with E-state index in [1.165, 1.54) is 13.2 Å². The van der Waals surface area contributed by atoms with Crippen molar-refractivity contribution in [1.29, 1.82) is 0 Å². The van der Waals surface area contributed by atoms with Crippen LogP contribution in [0.4, 0.5) is 13.2 Å². The standard InChI is InChI=1S/C9H11F3N2O3/c1-13-3-2-7(15)14(8(13)16)4-5-17-6-9(10,11)12/h2-3H,4-6H2,1H3. The predicted octanol–water partition coefficient (Wildman–Crippen LogP) is 0.126. The van der Waals surface area contributed by atoms with Gasteiger partial charge in [0.1, 0.15) is 6.61 Å². The minimum Gasteiger partial charge on any atom is -0.370 e. The molecule has 0 N–H and O–H groups in total. The molecule has 1 rings (SSSR count). The molecule has 1 aromatic heterocycles. The van der Waals surface area contributed by atoms with Gasteiger partial charge < -0.3 is 9.30 Å². The van der Waals surface area contributed by atoms with E-state index in [-0.39, 0.29) is 13.2 Å². The van der Waals surface area contributed by atoms with Gasteiger partial charge in [-0.2, -0.15) is 13.2 Å². The van der Waals surface area contributed by atoms with Crippen LogP contribution in [0.3, 0.4) is 0 Å². The first-order valence-electron chi connectivity index (χ1n) is 4.72. The Bertz CT molecular complexity index is 489. The van der Waals surface area contributed by atoms with Gasteiger partial charge in [-0.3, -0.25) is 9.36 Å². The second-order valence-electron chi connectivity index (χ2n) is 3.37. The van der Waals surface area contributed by atoms with Crippen molar-refractivity contribution in [2.24, 2.45) is 7.05 Å². The fourth-order valence-electron chi connectivity index (χ4n) is 1.16. The van der Waals surface area contributed by atoms with E-state index < -0.39 is 24.0 Å². The number of nitrogens with zero attached hydrogens (tertiary/aromatic N) is 2. The zero-order chi connectivity index (χ0) is 13.1. The van der Waals surface area contributed by atoms with E-state index in [1.807, 2.05) is 0 Å². The monoisotopic (exact) mass is 252 g/mol. The molecule has 0 atom stereocenters. The lowest BCUT2D eigenvalue weighted by Crippen LogP contribution is -2.39. The summed E-state index contributed by atoms with van der Waals surface area (Å²) in [6.07, 6.45) is -3.12. The first-order chi connectivity index (χ1) is 7.81. The fraction of sp³-hybridized carbons (Fsp3) is 0.556. The van der Waals surface area contributed by atoms with E-state index in [2.05, 4.69) is 4.74 Å². The lowest BCUT2D eigenvalue weighted by atomic mass is 10.5. The second-order valence-corrected chi connectivity index (χ2v) is 3.37. The van der Waals surface area contributed by atoms with Crippen LogP contribution in [-0.2, 0) is 18.3 Å². The molecule has 8 heteroatoms. The summed E-state index contributed by atoms with van der Waals surface area (Å²) in [6, 6.07) is 1.16. The van der Waals surface area contributed by atoms with Crippen molar-refractivity contribution in [2.45, 2.75) is 12.7 Å². The van der Waals surface area contributed by atoms with Gasteiger partial charge in [-0.05, 0) is 0 Å². The van der Waals surface area contributed by atoms with Crippen LogP contribution < -0.4 is 11.2 Å². The zero-order valence-corrected chi connectivity index (χ0v) is 9.03. The van der Waals surface area contributed by atoms with E-state index in [4.69, 9.17) is 0 Å². The Morgan fingerprint density at radius 1 is 1.35 bits per heavy atom. The molecule has 96 valence electrons. The predicted molar refractivity (Wildman–Crippen MR) is 52.8 cm³/mol. The SMILES string of the molecule is Cn1ccc(=O)n(CCOCC(F)(F)F)c1=O. The number of ether oxygens (including phenoxy) is 1. The summed E-state index contributed by atoms with van der Waals surface area (Å²) >= 11 is 0. The van der Waals surface area contributed by atoms with Crippen LogP contribution in [0.15, 0.2) is 21.9 Å². The third kappa shape index (κ3) is 4.06. The Morgan fingerprint density at radius 2 is 2.00 bits per heavy atom. The highest BCUT2D eigenvalue weighted by molar-refractivity contribution is 4.85. The molecule has 1 heterocycles. The number of rotatable bonds is 4. The first-order valence-corrected chi connectivity index (χ1v) is 4.72. The maximum Gasteiger partial charge on any atom is 0.411 e. The fourth-order valence-corrected chi connectivity index (χ4v) is 1.16. The summed E-state index contributed by atoms with van der Waals surface area (Å²) in [5.74, 6) is 0. The molecule has 0 fully saturated rings. The number of hydrogen-bond acceptors (Lipinski definition) is 3. The van der Waals surface area contributed by atoms with Crippen molar-refractivity contribution in [2.75, 3.05) is 13.2 Å². The molecule has 0 aliphatic heterocycles. The Balaban J connectivity index is 2.62. The van der Waals surface area contributed by atoms with Crippen molar-refractivity contribution in [3.05, 3.63) is 33.1 Å². The summed E-state index contributed by atoms with van der Waals surface area (Å²) in [5.41, 5.74) is -1.16. The Hall–Kier alpha value is -1.57. The maximum atomic E-state index is 11.7. The number of aromatic nitrogens is 2. The number of halogens is 3. The van der Waals surface area contributed by atoms with Crippen molar-refractivity contribution >= 4 is 0 Å². The van der Waals surface area contributed by atoms with Crippen molar-refractivity contribution in [1.82, 2.24) is 9.13 Å². The van der Waals surface area contributed by atoms with Crippen molar-refractivity contribution < 1.29 is 17.9 Å². The quantitative estimate of drug-likeness (QED) is 0.715. The molecule has 0 aliphatic carbocycles. The van der Waals surface area contributed by atoms with Crippen LogP contribution in [0.1, 0.15) is 0 Å². The van der Waals surface area contributed by atoms with E-state index >= 15 is 0 Å². The molecule has 0 saturated carbocycles. The largest absolute Gasteiger partial charge is 0.411 e. The molecule has 0 unspecified atom stereocenters. The molecule has 0 spiro atoms. The summed E-state index contributed by atoms with van der Waals surface area (Å²) in [7, 11) is 1.44. The smallest absolute Gasteiger partial charge is 0.370 e. The average molecular weight is 252 g/mol. The zero-order valence-electron chi connectivity index (χ0n) is 9.03. The van der Waals surface area contributed by atoms with Crippen molar-refractivity contribution in [3.8, 4) is 0 Å². The van der Waals surface area contributed by atoms with Crippen LogP contribution >= 0.6 is 0 Å². The lowest BCUT2D eigenvalue weighted by Gasteiger charge is -2.09.